The van der Waals surface area contributed by atoms with Crippen LogP contribution in [0.15, 0.2) is 158 Å². The number of hydrogen-bond acceptors (Lipinski definition) is 0. The van der Waals surface area contributed by atoms with Crippen molar-refractivity contribution in [2.45, 2.75) is 0 Å². The molecule has 0 radical (unpaired) electrons. The van der Waals surface area contributed by atoms with E-state index in [9.17, 15) is 0 Å². The molecule has 9 aromatic rings. The lowest BCUT2D eigenvalue weighted by molar-refractivity contribution is 1.02. The lowest BCUT2D eigenvalue weighted by Crippen LogP contribution is -1.94. The zero-order valence-electron chi connectivity index (χ0n) is 24.5. The quantitative estimate of drug-likeness (QED) is 0.190. The summed E-state index contributed by atoms with van der Waals surface area (Å²) in [6.07, 6.45) is 0. The van der Waals surface area contributed by atoms with Crippen LogP contribution in [0.25, 0.3) is 87.5 Å². The number of para-hydroxylation sites is 1. The van der Waals surface area contributed by atoms with E-state index in [0.29, 0.717) is 0 Å². The molecule has 1 nitrogen and oxygen atoms in total. The second kappa shape index (κ2) is 9.69. The van der Waals surface area contributed by atoms with Crippen molar-refractivity contribution in [3.05, 3.63) is 158 Å². The molecule has 0 unspecified atom stereocenters. The van der Waals surface area contributed by atoms with E-state index >= 15 is 0 Å². The van der Waals surface area contributed by atoms with Crippen LogP contribution in [0.1, 0.15) is 0 Å². The summed E-state index contributed by atoms with van der Waals surface area (Å²) in [7, 11) is 2.22. The first kappa shape index (κ1) is 24.9. The molecular weight excluding hydrogens is 530 g/mol. The first-order valence-electron chi connectivity index (χ1n) is 15.3. The average Bonchev–Trinajstić information content (AvgIpc) is 3.40. The van der Waals surface area contributed by atoms with E-state index < -0.39 is 0 Å². The van der Waals surface area contributed by atoms with Gasteiger partial charge in [0.05, 0.1) is 5.52 Å². The Morgan fingerprint density at radius 2 is 0.886 bits per heavy atom. The van der Waals surface area contributed by atoms with Gasteiger partial charge in [0.1, 0.15) is 0 Å². The summed E-state index contributed by atoms with van der Waals surface area (Å²) in [5.74, 6) is 0. The highest BCUT2D eigenvalue weighted by Gasteiger charge is 2.21. The summed E-state index contributed by atoms with van der Waals surface area (Å²) in [5.41, 5.74) is 10.1. The topological polar surface area (TPSA) is 4.93 Å². The van der Waals surface area contributed by atoms with Crippen LogP contribution < -0.4 is 0 Å². The molecule has 0 atom stereocenters. The van der Waals surface area contributed by atoms with E-state index in [0.717, 1.165) is 0 Å². The van der Waals surface area contributed by atoms with Gasteiger partial charge in [-0.1, -0.05) is 152 Å². The third-order valence-corrected chi connectivity index (χ3v) is 9.39. The molecule has 0 saturated heterocycles. The van der Waals surface area contributed by atoms with Gasteiger partial charge >= 0.3 is 0 Å². The van der Waals surface area contributed by atoms with Crippen LogP contribution in [-0.4, -0.2) is 4.57 Å². The number of fused-ring (bicyclic) bond motifs is 7. The van der Waals surface area contributed by atoms with Crippen LogP contribution in [0.4, 0.5) is 0 Å². The SMILES string of the molecule is Cn1c2ccc3ccccc3c2c2cccc(-c3c4ccccc4c(-c4ccc(-c5ccccc5)cc4)c4ccccc34)c21. The Kier molecular flexibility index (Phi) is 5.48. The average molecular weight is 560 g/mol. The molecule has 44 heavy (non-hydrogen) atoms. The maximum atomic E-state index is 2.40. The maximum absolute atomic E-state index is 2.40. The van der Waals surface area contributed by atoms with Crippen LogP contribution in [0, 0.1) is 0 Å². The Bertz CT molecular complexity index is 2480. The first-order valence-corrected chi connectivity index (χ1v) is 15.3. The molecule has 0 amide bonds. The molecule has 0 aliphatic heterocycles. The Balaban J connectivity index is 1.36. The minimum absolute atomic E-state index is 1.23. The van der Waals surface area contributed by atoms with Gasteiger partial charge in [-0.25, -0.2) is 0 Å². The van der Waals surface area contributed by atoms with Gasteiger partial charge in [0.15, 0.2) is 0 Å². The summed E-state index contributed by atoms with van der Waals surface area (Å²) in [4.78, 5) is 0. The van der Waals surface area contributed by atoms with Crippen molar-refractivity contribution in [2.75, 3.05) is 0 Å². The smallest absolute Gasteiger partial charge is 0.0569 e. The van der Waals surface area contributed by atoms with Crippen molar-refractivity contribution < 1.29 is 0 Å². The normalized spacial score (nSPS) is 11.8. The predicted octanol–water partition coefficient (Wildman–Crippen LogP) is 11.8. The van der Waals surface area contributed by atoms with Crippen LogP contribution in [0.5, 0.6) is 0 Å². The largest absolute Gasteiger partial charge is 0.343 e. The highest BCUT2D eigenvalue weighted by Crippen LogP contribution is 2.47. The molecule has 1 aromatic heterocycles. The molecule has 8 aromatic carbocycles. The van der Waals surface area contributed by atoms with Crippen molar-refractivity contribution in [1.82, 2.24) is 4.57 Å². The number of hydrogen-bond donors (Lipinski definition) is 0. The van der Waals surface area contributed by atoms with Crippen molar-refractivity contribution in [1.29, 1.82) is 0 Å². The molecule has 0 saturated carbocycles. The second-order valence-corrected chi connectivity index (χ2v) is 11.7. The molecule has 0 spiro atoms. The van der Waals surface area contributed by atoms with E-state index in [1.54, 1.807) is 0 Å². The van der Waals surface area contributed by atoms with Crippen LogP contribution in [0.3, 0.4) is 0 Å². The Morgan fingerprint density at radius 3 is 1.57 bits per heavy atom. The highest BCUT2D eigenvalue weighted by molar-refractivity contribution is 6.27. The van der Waals surface area contributed by atoms with Gasteiger partial charge in [-0.3, -0.25) is 0 Å². The third-order valence-electron chi connectivity index (χ3n) is 9.39. The number of nitrogens with zero attached hydrogens (tertiary/aromatic N) is 1. The summed E-state index contributed by atoms with van der Waals surface area (Å²) < 4.78 is 2.40. The van der Waals surface area contributed by atoms with Gasteiger partial charge in [0, 0.05) is 28.9 Å². The minimum atomic E-state index is 1.23. The summed E-state index contributed by atoms with van der Waals surface area (Å²) in [6, 6.07) is 57.7. The van der Waals surface area contributed by atoms with E-state index in [4.69, 9.17) is 0 Å². The minimum Gasteiger partial charge on any atom is -0.343 e. The third kappa shape index (κ3) is 3.60. The highest BCUT2D eigenvalue weighted by atomic mass is 14.9. The van der Waals surface area contributed by atoms with Crippen LogP contribution in [0.2, 0.25) is 0 Å². The van der Waals surface area contributed by atoms with Crippen molar-refractivity contribution in [2.24, 2.45) is 7.05 Å². The van der Waals surface area contributed by atoms with E-state index in [-0.39, 0.29) is 0 Å². The summed E-state index contributed by atoms with van der Waals surface area (Å²) in [5, 5.41) is 10.3. The van der Waals surface area contributed by atoms with Crippen LogP contribution >= 0.6 is 0 Å². The molecule has 0 N–H and O–H groups in total. The lowest BCUT2D eigenvalue weighted by atomic mass is 9.85. The molecule has 1 heteroatoms. The van der Waals surface area contributed by atoms with Crippen molar-refractivity contribution in [3.8, 4) is 33.4 Å². The molecule has 0 fully saturated rings. The van der Waals surface area contributed by atoms with Gasteiger partial charge in [-0.15, -0.1) is 0 Å². The number of rotatable bonds is 3. The first-order chi connectivity index (χ1) is 21.8. The lowest BCUT2D eigenvalue weighted by Gasteiger charge is -2.19. The van der Waals surface area contributed by atoms with Gasteiger partial charge in [-0.05, 0) is 66.2 Å². The van der Waals surface area contributed by atoms with E-state index in [1.165, 1.54) is 87.5 Å². The maximum Gasteiger partial charge on any atom is 0.0569 e. The van der Waals surface area contributed by atoms with Gasteiger partial charge < -0.3 is 4.57 Å². The van der Waals surface area contributed by atoms with Gasteiger partial charge in [0.2, 0.25) is 0 Å². The zero-order valence-corrected chi connectivity index (χ0v) is 24.5. The standard InChI is InChI=1S/C43H29N/c1-44-39-27-26-30-14-5-6-15-32(30)42(39)38-21-11-20-37(43(38)44)41-35-18-9-7-16-33(35)40(34-17-8-10-19-36(34)41)31-24-22-29(23-25-31)28-12-3-2-4-13-28/h2-27H,1H3. The zero-order chi connectivity index (χ0) is 29.2. The molecule has 9 rings (SSSR count). The van der Waals surface area contributed by atoms with Crippen LogP contribution in [-0.2, 0) is 7.05 Å². The molecule has 0 bridgehead atoms. The van der Waals surface area contributed by atoms with Crippen molar-refractivity contribution >= 4 is 54.1 Å². The fourth-order valence-electron chi connectivity index (χ4n) is 7.44. The Hall–Kier alpha value is -5.66. The number of benzene rings is 8. The number of aromatic nitrogens is 1. The number of aryl methyl sites for hydroxylation is 1. The molecule has 206 valence electrons. The molecule has 1 heterocycles. The van der Waals surface area contributed by atoms with Gasteiger partial charge in [-0.2, -0.15) is 0 Å². The molecular formula is C43H29N. The fraction of sp³-hybridized carbons (Fsp3) is 0.0233. The Labute approximate surface area is 256 Å². The molecule has 0 aliphatic carbocycles. The predicted molar refractivity (Wildman–Crippen MR) is 189 cm³/mol. The summed E-state index contributed by atoms with van der Waals surface area (Å²) in [6.45, 7) is 0. The monoisotopic (exact) mass is 559 g/mol. The van der Waals surface area contributed by atoms with E-state index in [2.05, 4.69) is 169 Å². The van der Waals surface area contributed by atoms with Crippen molar-refractivity contribution in [3.63, 3.8) is 0 Å². The van der Waals surface area contributed by atoms with Gasteiger partial charge in [0.25, 0.3) is 0 Å². The Morgan fingerprint density at radius 1 is 0.364 bits per heavy atom. The second-order valence-electron chi connectivity index (χ2n) is 11.7. The summed E-state index contributed by atoms with van der Waals surface area (Å²) >= 11 is 0. The van der Waals surface area contributed by atoms with E-state index in [1.807, 2.05) is 0 Å². The fourth-order valence-corrected chi connectivity index (χ4v) is 7.44. The molecule has 0 aliphatic rings.